The summed E-state index contributed by atoms with van der Waals surface area (Å²) in [7, 11) is 0. The molecule has 0 saturated heterocycles. The first kappa shape index (κ1) is 25.3. The van der Waals surface area contributed by atoms with Crippen molar-refractivity contribution in [2.45, 2.75) is 0 Å². The van der Waals surface area contributed by atoms with Crippen molar-refractivity contribution in [1.29, 1.82) is 0 Å². The third-order valence-electron chi connectivity index (χ3n) is 8.96. The van der Waals surface area contributed by atoms with E-state index in [1.54, 1.807) is 0 Å². The molecule has 45 heavy (non-hydrogen) atoms. The maximum absolute atomic E-state index is 7.65. The Morgan fingerprint density at radius 2 is 1.16 bits per heavy atom. The molecule has 9 rings (SSSR count). The maximum Gasteiger partial charge on any atom is 0.188 e. The van der Waals surface area contributed by atoms with Gasteiger partial charge < -0.3 is 4.57 Å². The van der Waals surface area contributed by atoms with Gasteiger partial charge in [0.2, 0.25) is 0 Å². The summed E-state index contributed by atoms with van der Waals surface area (Å²) in [6, 6.07) is 53.2. The fourth-order valence-electron chi connectivity index (χ4n) is 6.89. The number of nitrogens with zero attached hydrogens (tertiary/aromatic N) is 3. The van der Waals surface area contributed by atoms with Crippen molar-refractivity contribution in [1.82, 2.24) is 9.55 Å². The molecule has 0 amide bonds. The molecule has 0 aliphatic rings. The molecule has 7 aromatic carbocycles. The Bertz CT molecular complexity index is 2640. The van der Waals surface area contributed by atoms with Gasteiger partial charge in [-0.1, -0.05) is 109 Å². The molecule has 2 aromatic heterocycles. The summed E-state index contributed by atoms with van der Waals surface area (Å²) >= 11 is 0. The number of aromatic nitrogens is 2. The van der Waals surface area contributed by atoms with Gasteiger partial charge in [-0.25, -0.2) is 9.83 Å². The SMILES string of the molecule is [C-]#[N+]c1ccc2c(c1)c1cc(-c3ccc4c(c3)nc(-c3ccccc3)c3ccc5ccccc5c34)ccc1n2-c1ccccc1. The quantitative estimate of drug-likeness (QED) is 0.153. The van der Waals surface area contributed by atoms with E-state index in [0.717, 1.165) is 66.2 Å². The topological polar surface area (TPSA) is 22.2 Å². The molecule has 3 nitrogen and oxygen atoms in total. The molecular weight excluding hydrogens is 546 g/mol. The number of pyridine rings is 1. The van der Waals surface area contributed by atoms with Crippen molar-refractivity contribution in [3.05, 3.63) is 163 Å². The fourth-order valence-corrected chi connectivity index (χ4v) is 6.89. The van der Waals surface area contributed by atoms with Crippen molar-refractivity contribution in [2.24, 2.45) is 0 Å². The highest BCUT2D eigenvalue weighted by Crippen LogP contribution is 2.40. The Balaban J connectivity index is 1.31. The van der Waals surface area contributed by atoms with Crippen molar-refractivity contribution < 1.29 is 0 Å². The van der Waals surface area contributed by atoms with E-state index >= 15 is 0 Å². The van der Waals surface area contributed by atoms with E-state index < -0.39 is 0 Å². The second kappa shape index (κ2) is 9.91. The van der Waals surface area contributed by atoms with Crippen LogP contribution in [0.5, 0.6) is 0 Å². The molecule has 0 aliphatic carbocycles. The highest BCUT2D eigenvalue weighted by molar-refractivity contribution is 6.22. The molecule has 9 aromatic rings. The summed E-state index contributed by atoms with van der Waals surface area (Å²) in [4.78, 5) is 9.04. The minimum atomic E-state index is 0.641. The standard InChI is InChI=1S/C42H25N3/c1-43-31-19-23-40-37(26-31)36-24-29(18-22-39(36)45(40)32-13-6-3-7-14-32)30-17-20-34-38(25-30)44-42(28-11-4-2-5-12-28)35-21-16-27-10-8-9-15-33(27)41(34)35/h2-26H. The van der Waals surface area contributed by atoms with Crippen LogP contribution in [0, 0.1) is 6.57 Å². The first-order valence-electron chi connectivity index (χ1n) is 15.1. The third-order valence-corrected chi connectivity index (χ3v) is 8.96. The van der Waals surface area contributed by atoms with Crippen LogP contribution < -0.4 is 0 Å². The zero-order valence-corrected chi connectivity index (χ0v) is 24.3. The van der Waals surface area contributed by atoms with E-state index in [1.807, 2.05) is 24.3 Å². The normalized spacial score (nSPS) is 11.5. The fraction of sp³-hybridized carbons (Fsp3) is 0. The van der Waals surface area contributed by atoms with Gasteiger partial charge in [-0.3, -0.25) is 0 Å². The van der Waals surface area contributed by atoms with E-state index in [4.69, 9.17) is 11.6 Å². The molecule has 208 valence electrons. The predicted molar refractivity (Wildman–Crippen MR) is 188 cm³/mol. The number of benzene rings is 7. The lowest BCUT2D eigenvalue weighted by Gasteiger charge is -2.14. The zero-order chi connectivity index (χ0) is 29.9. The van der Waals surface area contributed by atoms with E-state index in [0.29, 0.717) is 5.69 Å². The Morgan fingerprint density at radius 3 is 1.98 bits per heavy atom. The Morgan fingerprint density at radius 1 is 0.489 bits per heavy atom. The van der Waals surface area contributed by atoms with E-state index in [9.17, 15) is 0 Å². The highest BCUT2D eigenvalue weighted by atomic mass is 15.0. The second-order valence-electron chi connectivity index (χ2n) is 11.5. The molecule has 0 saturated carbocycles. The van der Waals surface area contributed by atoms with Crippen LogP contribution in [0.25, 0.3) is 87.2 Å². The summed E-state index contributed by atoms with van der Waals surface area (Å²) < 4.78 is 2.29. The van der Waals surface area contributed by atoms with Gasteiger partial charge in [-0.15, -0.1) is 0 Å². The number of para-hydroxylation sites is 1. The van der Waals surface area contributed by atoms with Crippen LogP contribution in [0.2, 0.25) is 0 Å². The lowest BCUT2D eigenvalue weighted by molar-refractivity contribution is 1.18. The summed E-state index contributed by atoms with van der Waals surface area (Å²) in [5, 5.41) is 8.19. The minimum Gasteiger partial charge on any atom is -0.309 e. The average molecular weight is 572 g/mol. The molecule has 0 radical (unpaired) electrons. The Kier molecular flexibility index (Phi) is 5.57. The maximum atomic E-state index is 7.65. The van der Waals surface area contributed by atoms with Gasteiger partial charge in [-0.2, -0.15) is 0 Å². The highest BCUT2D eigenvalue weighted by Gasteiger charge is 2.16. The molecule has 0 atom stereocenters. The van der Waals surface area contributed by atoms with Gasteiger partial charge in [0.25, 0.3) is 0 Å². The zero-order valence-electron chi connectivity index (χ0n) is 24.3. The van der Waals surface area contributed by atoms with Crippen LogP contribution >= 0.6 is 0 Å². The Labute approximate surface area is 260 Å². The molecule has 0 fully saturated rings. The van der Waals surface area contributed by atoms with Crippen molar-refractivity contribution in [2.75, 3.05) is 0 Å². The molecule has 0 bridgehead atoms. The van der Waals surface area contributed by atoms with Gasteiger partial charge in [0.05, 0.1) is 28.8 Å². The van der Waals surface area contributed by atoms with Gasteiger partial charge >= 0.3 is 0 Å². The minimum absolute atomic E-state index is 0.641. The van der Waals surface area contributed by atoms with E-state index in [1.165, 1.54) is 16.2 Å². The van der Waals surface area contributed by atoms with Gasteiger partial charge in [-0.05, 0) is 69.8 Å². The first-order valence-corrected chi connectivity index (χ1v) is 15.1. The largest absolute Gasteiger partial charge is 0.309 e. The number of fused-ring (bicyclic) bond motifs is 8. The molecule has 0 spiro atoms. The van der Waals surface area contributed by atoms with Crippen LogP contribution in [0.3, 0.4) is 0 Å². The van der Waals surface area contributed by atoms with Crippen LogP contribution in [0.15, 0.2) is 152 Å². The van der Waals surface area contributed by atoms with Gasteiger partial charge in [0.1, 0.15) is 0 Å². The average Bonchev–Trinajstić information content (AvgIpc) is 3.44. The lowest BCUT2D eigenvalue weighted by Crippen LogP contribution is -1.93. The van der Waals surface area contributed by atoms with E-state index in [-0.39, 0.29) is 0 Å². The van der Waals surface area contributed by atoms with Crippen LogP contribution in [-0.4, -0.2) is 9.55 Å². The smallest absolute Gasteiger partial charge is 0.188 e. The Hall–Kier alpha value is -6.24. The summed E-state index contributed by atoms with van der Waals surface area (Å²) in [5.41, 5.74) is 9.24. The molecular formula is C42H25N3. The predicted octanol–water partition coefficient (Wildman–Crippen LogP) is 11.5. The number of rotatable bonds is 3. The van der Waals surface area contributed by atoms with Crippen molar-refractivity contribution in [3.63, 3.8) is 0 Å². The monoisotopic (exact) mass is 571 g/mol. The second-order valence-corrected chi connectivity index (χ2v) is 11.5. The third kappa shape index (κ3) is 3.94. The van der Waals surface area contributed by atoms with Crippen molar-refractivity contribution >= 4 is 59.9 Å². The summed E-state index contributed by atoms with van der Waals surface area (Å²) in [6.07, 6.45) is 0. The van der Waals surface area contributed by atoms with Crippen molar-refractivity contribution in [3.8, 4) is 28.1 Å². The van der Waals surface area contributed by atoms with E-state index in [2.05, 4.69) is 137 Å². The molecule has 0 aliphatic heterocycles. The van der Waals surface area contributed by atoms with Crippen LogP contribution in [0.1, 0.15) is 0 Å². The van der Waals surface area contributed by atoms with Crippen LogP contribution in [-0.2, 0) is 0 Å². The molecule has 0 N–H and O–H groups in total. The molecule has 3 heteroatoms. The van der Waals surface area contributed by atoms with Gasteiger partial charge in [0.15, 0.2) is 5.69 Å². The summed E-state index contributed by atoms with van der Waals surface area (Å²) in [6.45, 7) is 7.65. The lowest BCUT2D eigenvalue weighted by atomic mass is 9.94. The first-order chi connectivity index (χ1) is 22.3. The number of hydrogen-bond acceptors (Lipinski definition) is 1. The van der Waals surface area contributed by atoms with Crippen LogP contribution in [0.4, 0.5) is 5.69 Å². The summed E-state index contributed by atoms with van der Waals surface area (Å²) in [5.74, 6) is 0. The molecule has 0 unspecified atom stereocenters. The molecule has 2 heterocycles. The number of hydrogen-bond donors (Lipinski definition) is 0. The van der Waals surface area contributed by atoms with Gasteiger partial charge in [0, 0.05) is 32.8 Å².